The van der Waals surface area contributed by atoms with E-state index in [-0.39, 0.29) is 29.1 Å². The molecule has 1 saturated carbocycles. The monoisotopic (exact) mass is 334 g/mol. The fourth-order valence-corrected chi connectivity index (χ4v) is 2.92. The molecule has 2 rings (SSSR count). The van der Waals surface area contributed by atoms with Crippen molar-refractivity contribution in [3.63, 3.8) is 0 Å². The van der Waals surface area contributed by atoms with E-state index in [0.717, 1.165) is 19.3 Å². The Bertz CT molecular complexity index is 634. The van der Waals surface area contributed by atoms with Gasteiger partial charge < -0.3 is 16.4 Å². The minimum absolute atomic E-state index is 0.0414. The van der Waals surface area contributed by atoms with Crippen molar-refractivity contribution < 1.29 is 14.5 Å². The molecule has 1 aliphatic rings. The Morgan fingerprint density at radius 2 is 2.17 bits per heavy atom. The third kappa shape index (κ3) is 4.29. The van der Waals surface area contributed by atoms with Crippen molar-refractivity contribution in [2.75, 3.05) is 6.54 Å². The molecule has 130 valence electrons. The Balaban J connectivity index is 1.94. The molecule has 8 nitrogen and oxygen atoms in total. The molecular weight excluding hydrogens is 312 g/mol. The number of nitrogens with zero attached hydrogens (tertiary/aromatic N) is 1. The van der Waals surface area contributed by atoms with Gasteiger partial charge in [0.1, 0.15) is 6.04 Å². The van der Waals surface area contributed by atoms with Crippen molar-refractivity contribution in [1.82, 2.24) is 10.6 Å². The largest absolute Gasteiger partial charge is 0.351 e. The molecule has 3 unspecified atom stereocenters. The molecule has 0 radical (unpaired) electrons. The van der Waals surface area contributed by atoms with Gasteiger partial charge in [-0.3, -0.25) is 19.7 Å². The minimum Gasteiger partial charge on any atom is -0.351 e. The summed E-state index contributed by atoms with van der Waals surface area (Å²) in [6, 6.07) is 4.69. The Morgan fingerprint density at radius 1 is 1.42 bits per heavy atom. The predicted octanol–water partition coefficient (Wildman–Crippen LogP) is 0.957. The second-order valence-electron chi connectivity index (χ2n) is 6.04. The molecule has 24 heavy (non-hydrogen) atoms. The van der Waals surface area contributed by atoms with Crippen LogP contribution < -0.4 is 16.4 Å². The van der Waals surface area contributed by atoms with Crippen molar-refractivity contribution in [1.29, 1.82) is 0 Å². The predicted molar refractivity (Wildman–Crippen MR) is 88.4 cm³/mol. The number of nitrogens with one attached hydrogen (secondary N) is 2. The van der Waals surface area contributed by atoms with Gasteiger partial charge in [0.05, 0.1) is 4.92 Å². The highest BCUT2D eigenvalue weighted by Gasteiger charge is 2.29. The van der Waals surface area contributed by atoms with Gasteiger partial charge in [0.25, 0.3) is 11.6 Å². The smallest absolute Gasteiger partial charge is 0.270 e. The lowest BCUT2D eigenvalue weighted by Crippen LogP contribution is -2.49. The van der Waals surface area contributed by atoms with Gasteiger partial charge in [-0.15, -0.1) is 0 Å². The second kappa shape index (κ2) is 7.87. The number of carbonyl (C=O) groups excluding carboxylic acids is 2. The van der Waals surface area contributed by atoms with Gasteiger partial charge in [-0.2, -0.15) is 0 Å². The maximum atomic E-state index is 12.2. The molecule has 0 heterocycles. The summed E-state index contributed by atoms with van der Waals surface area (Å²) in [5.41, 5.74) is 5.67. The van der Waals surface area contributed by atoms with Crippen LogP contribution in [-0.2, 0) is 4.79 Å². The summed E-state index contributed by atoms with van der Waals surface area (Å²) in [5, 5.41) is 16.2. The van der Waals surface area contributed by atoms with Crippen molar-refractivity contribution in [3.05, 3.63) is 39.9 Å². The van der Waals surface area contributed by atoms with Gasteiger partial charge in [-0.1, -0.05) is 12.5 Å². The first-order valence-corrected chi connectivity index (χ1v) is 7.98. The minimum atomic E-state index is -0.740. The molecule has 2 amide bonds. The molecule has 1 aromatic rings. The van der Waals surface area contributed by atoms with Crippen molar-refractivity contribution in [2.45, 2.75) is 38.3 Å². The number of nitro benzene ring substituents is 1. The highest BCUT2D eigenvalue weighted by Crippen LogP contribution is 2.24. The van der Waals surface area contributed by atoms with E-state index in [0.29, 0.717) is 6.54 Å². The van der Waals surface area contributed by atoms with E-state index in [1.54, 1.807) is 6.92 Å². The summed E-state index contributed by atoms with van der Waals surface area (Å²) >= 11 is 0. The van der Waals surface area contributed by atoms with E-state index in [9.17, 15) is 19.7 Å². The zero-order valence-corrected chi connectivity index (χ0v) is 13.5. The Labute approximate surface area is 139 Å². The molecular formula is C16H22N4O4. The van der Waals surface area contributed by atoms with Gasteiger partial charge in [0.15, 0.2) is 0 Å². The molecule has 0 aromatic heterocycles. The molecule has 1 aliphatic carbocycles. The standard InChI is InChI=1S/C16H22N4O4/c1-10(15(21)19-14-7-3-5-12(14)9-17)18-16(22)11-4-2-6-13(8-11)20(23)24/h2,4,6,8,10,12,14H,3,5,7,9,17H2,1H3,(H,18,22)(H,19,21). The Morgan fingerprint density at radius 3 is 2.83 bits per heavy atom. The molecule has 0 spiro atoms. The van der Waals surface area contributed by atoms with E-state index in [2.05, 4.69) is 10.6 Å². The maximum absolute atomic E-state index is 12.2. The fraction of sp³-hybridized carbons (Fsp3) is 0.500. The van der Waals surface area contributed by atoms with E-state index in [4.69, 9.17) is 5.73 Å². The molecule has 1 aromatic carbocycles. The number of hydrogen-bond acceptors (Lipinski definition) is 5. The molecule has 0 aliphatic heterocycles. The number of hydrogen-bond donors (Lipinski definition) is 3. The normalized spacial score (nSPS) is 21.1. The van der Waals surface area contributed by atoms with Crippen molar-refractivity contribution >= 4 is 17.5 Å². The molecule has 0 bridgehead atoms. The van der Waals surface area contributed by atoms with Crippen LogP contribution in [0.4, 0.5) is 5.69 Å². The van der Waals surface area contributed by atoms with E-state index in [1.165, 1.54) is 24.3 Å². The molecule has 1 fully saturated rings. The number of carbonyl (C=O) groups is 2. The maximum Gasteiger partial charge on any atom is 0.270 e. The van der Waals surface area contributed by atoms with Gasteiger partial charge in [-0.25, -0.2) is 0 Å². The number of amides is 2. The van der Waals surface area contributed by atoms with Crippen LogP contribution in [0.2, 0.25) is 0 Å². The number of non-ortho nitro benzene ring substituents is 1. The first kappa shape index (κ1) is 17.9. The molecule has 4 N–H and O–H groups in total. The first-order chi connectivity index (χ1) is 11.4. The van der Waals surface area contributed by atoms with Crippen LogP contribution in [-0.4, -0.2) is 35.4 Å². The summed E-state index contributed by atoms with van der Waals surface area (Å²) in [4.78, 5) is 34.6. The van der Waals surface area contributed by atoms with Crippen molar-refractivity contribution in [3.8, 4) is 0 Å². The van der Waals surface area contributed by atoms with Crippen LogP contribution in [0.5, 0.6) is 0 Å². The summed E-state index contributed by atoms with van der Waals surface area (Å²) in [6.45, 7) is 2.11. The zero-order valence-electron chi connectivity index (χ0n) is 13.5. The Hall–Kier alpha value is -2.48. The van der Waals surface area contributed by atoms with E-state index < -0.39 is 16.9 Å². The lowest BCUT2D eigenvalue weighted by atomic mass is 10.0. The van der Waals surface area contributed by atoms with Crippen LogP contribution in [0.3, 0.4) is 0 Å². The first-order valence-electron chi connectivity index (χ1n) is 7.98. The van der Waals surface area contributed by atoms with E-state index >= 15 is 0 Å². The van der Waals surface area contributed by atoms with Gasteiger partial charge in [0, 0.05) is 23.7 Å². The average molecular weight is 334 g/mol. The fourth-order valence-electron chi connectivity index (χ4n) is 2.92. The average Bonchev–Trinajstić information content (AvgIpc) is 3.01. The highest BCUT2D eigenvalue weighted by atomic mass is 16.6. The molecule has 8 heteroatoms. The summed E-state index contributed by atoms with van der Waals surface area (Å²) in [6.07, 6.45) is 2.91. The topological polar surface area (TPSA) is 127 Å². The Kier molecular flexibility index (Phi) is 5.86. The lowest BCUT2D eigenvalue weighted by Gasteiger charge is -2.22. The van der Waals surface area contributed by atoms with Gasteiger partial charge >= 0.3 is 0 Å². The van der Waals surface area contributed by atoms with Crippen LogP contribution in [0.15, 0.2) is 24.3 Å². The number of rotatable bonds is 6. The third-order valence-electron chi connectivity index (χ3n) is 4.35. The molecule has 0 saturated heterocycles. The number of benzene rings is 1. The second-order valence-corrected chi connectivity index (χ2v) is 6.04. The SMILES string of the molecule is CC(NC(=O)c1cccc([N+](=O)[O-])c1)C(=O)NC1CCCC1CN. The number of nitro groups is 1. The quantitative estimate of drug-likeness (QED) is 0.527. The van der Waals surface area contributed by atoms with E-state index in [1.807, 2.05) is 0 Å². The van der Waals surface area contributed by atoms with Gasteiger partial charge in [-0.05, 0) is 38.3 Å². The van der Waals surface area contributed by atoms with Crippen LogP contribution in [0.1, 0.15) is 36.5 Å². The summed E-state index contributed by atoms with van der Waals surface area (Å²) < 4.78 is 0. The van der Waals surface area contributed by atoms with Crippen LogP contribution in [0, 0.1) is 16.0 Å². The zero-order chi connectivity index (χ0) is 17.7. The molecule has 3 atom stereocenters. The van der Waals surface area contributed by atoms with Crippen molar-refractivity contribution in [2.24, 2.45) is 11.7 Å². The summed E-state index contributed by atoms with van der Waals surface area (Å²) in [5.74, 6) is -0.532. The van der Waals surface area contributed by atoms with Crippen LogP contribution in [0.25, 0.3) is 0 Å². The van der Waals surface area contributed by atoms with Crippen LogP contribution >= 0.6 is 0 Å². The number of nitrogens with two attached hydrogens (primary N) is 1. The third-order valence-corrected chi connectivity index (χ3v) is 4.35. The summed E-state index contributed by atoms with van der Waals surface area (Å²) in [7, 11) is 0. The highest BCUT2D eigenvalue weighted by molar-refractivity contribution is 5.97. The lowest BCUT2D eigenvalue weighted by molar-refractivity contribution is -0.384. The van der Waals surface area contributed by atoms with Gasteiger partial charge in [0.2, 0.25) is 5.91 Å².